The number of carbonyl (C=O) groups excluding carboxylic acids is 1. The zero-order chi connectivity index (χ0) is 15.3. The van der Waals surface area contributed by atoms with E-state index >= 15 is 0 Å². The number of ether oxygens (including phenoxy) is 1. The topological polar surface area (TPSA) is 26.3 Å². The lowest BCUT2D eigenvalue weighted by Gasteiger charge is -2.20. The Hall–Kier alpha value is -1.66. The van der Waals surface area contributed by atoms with Crippen LogP contribution in [0.2, 0.25) is 0 Å². The molecule has 0 spiro atoms. The summed E-state index contributed by atoms with van der Waals surface area (Å²) in [6.07, 6.45) is 0. The van der Waals surface area contributed by atoms with Gasteiger partial charge in [-0.25, -0.2) is 4.79 Å². The van der Waals surface area contributed by atoms with Gasteiger partial charge in [0, 0.05) is 0 Å². The van der Waals surface area contributed by atoms with E-state index in [0.717, 1.165) is 10.6 Å². The molecule has 3 heteroatoms. The largest absolute Gasteiger partial charge is 0.460 e. The Morgan fingerprint density at radius 3 is 1.76 bits per heavy atom. The first-order chi connectivity index (χ1) is 10.0. The predicted octanol–water partition coefficient (Wildman–Crippen LogP) is 4.08. The van der Waals surface area contributed by atoms with E-state index in [-0.39, 0.29) is 5.71 Å². The fraction of sp³-hybridized carbons (Fsp3) is 0.278. The van der Waals surface area contributed by atoms with Gasteiger partial charge in [-0.2, -0.15) is 0 Å². The SMILES string of the molecule is CC(C)COC(=O)[P+](C)(c1ccccc1)c1ccccc1. The Morgan fingerprint density at radius 1 is 0.952 bits per heavy atom. The summed E-state index contributed by atoms with van der Waals surface area (Å²) in [5, 5.41) is 2.12. The molecular formula is C18H22O2P+. The summed E-state index contributed by atoms with van der Waals surface area (Å²) in [5.74, 6) is 0.342. The second-order valence-electron chi connectivity index (χ2n) is 5.65. The third-order valence-corrected chi connectivity index (χ3v) is 6.97. The number of hydrogen-bond donors (Lipinski definition) is 0. The van der Waals surface area contributed by atoms with E-state index in [1.807, 2.05) is 81.2 Å². The smallest absolute Gasteiger partial charge is 0.435 e. The number of carbonyl (C=O) groups is 1. The second-order valence-corrected chi connectivity index (χ2v) is 9.06. The van der Waals surface area contributed by atoms with E-state index in [4.69, 9.17) is 4.74 Å². The normalized spacial score (nSPS) is 11.4. The van der Waals surface area contributed by atoms with Crippen LogP contribution < -0.4 is 10.6 Å². The van der Waals surface area contributed by atoms with Gasteiger partial charge in [-0.05, 0) is 30.2 Å². The van der Waals surface area contributed by atoms with Crippen LogP contribution in [-0.4, -0.2) is 19.0 Å². The molecule has 0 radical (unpaired) electrons. The molecule has 0 aliphatic carbocycles. The van der Waals surface area contributed by atoms with Gasteiger partial charge in [0.2, 0.25) is 0 Å². The van der Waals surface area contributed by atoms with Crippen LogP contribution in [0.25, 0.3) is 0 Å². The Balaban J connectivity index is 2.42. The highest BCUT2D eigenvalue weighted by atomic mass is 31.2. The van der Waals surface area contributed by atoms with Crippen LogP contribution in [0.15, 0.2) is 60.7 Å². The maximum absolute atomic E-state index is 12.8. The molecule has 0 atom stereocenters. The second kappa shape index (κ2) is 6.87. The number of benzene rings is 2. The van der Waals surface area contributed by atoms with E-state index in [2.05, 4.69) is 0 Å². The number of hydrogen-bond acceptors (Lipinski definition) is 2. The average molecular weight is 301 g/mol. The van der Waals surface area contributed by atoms with E-state index in [9.17, 15) is 4.79 Å². The quantitative estimate of drug-likeness (QED) is 0.778. The molecule has 2 rings (SSSR count). The highest BCUT2D eigenvalue weighted by Gasteiger charge is 2.48. The van der Waals surface area contributed by atoms with E-state index < -0.39 is 7.26 Å². The van der Waals surface area contributed by atoms with Gasteiger partial charge in [0.15, 0.2) is 7.26 Å². The lowest BCUT2D eigenvalue weighted by molar-refractivity contribution is 0.159. The van der Waals surface area contributed by atoms with Crippen molar-refractivity contribution in [2.75, 3.05) is 13.3 Å². The molecule has 2 aromatic rings. The molecule has 21 heavy (non-hydrogen) atoms. The van der Waals surface area contributed by atoms with Crippen molar-refractivity contribution in [3.8, 4) is 0 Å². The van der Waals surface area contributed by atoms with Gasteiger partial charge in [0.1, 0.15) is 10.6 Å². The van der Waals surface area contributed by atoms with Crippen molar-refractivity contribution < 1.29 is 9.53 Å². The minimum Gasteiger partial charge on any atom is -0.435 e. The highest BCUT2D eigenvalue weighted by Crippen LogP contribution is 2.54. The Bertz CT molecular complexity index is 539. The highest BCUT2D eigenvalue weighted by molar-refractivity contribution is 8.01. The molecule has 0 fully saturated rings. The van der Waals surface area contributed by atoms with Crippen molar-refractivity contribution in [2.24, 2.45) is 5.92 Å². The van der Waals surface area contributed by atoms with Crippen molar-refractivity contribution in [1.82, 2.24) is 0 Å². The molecule has 0 aliphatic heterocycles. The lowest BCUT2D eigenvalue weighted by Crippen LogP contribution is -2.29. The first kappa shape index (κ1) is 15.7. The number of rotatable bonds is 5. The summed E-state index contributed by atoms with van der Waals surface area (Å²) in [4.78, 5) is 12.8. The zero-order valence-corrected chi connectivity index (χ0v) is 13.7. The third-order valence-electron chi connectivity index (χ3n) is 3.45. The van der Waals surface area contributed by atoms with Gasteiger partial charge >= 0.3 is 5.71 Å². The molecule has 110 valence electrons. The summed E-state index contributed by atoms with van der Waals surface area (Å²) in [6, 6.07) is 20.0. The van der Waals surface area contributed by atoms with Gasteiger partial charge in [-0.15, -0.1) is 0 Å². The predicted molar refractivity (Wildman–Crippen MR) is 91.2 cm³/mol. The molecular weight excluding hydrogens is 279 g/mol. The first-order valence-corrected chi connectivity index (χ1v) is 9.44. The van der Waals surface area contributed by atoms with Crippen LogP contribution in [0.1, 0.15) is 13.8 Å². The van der Waals surface area contributed by atoms with Crippen molar-refractivity contribution >= 4 is 23.6 Å². The third kappa shape index (κ3) is 3.51. The molecule has 0 aromatic heterocycles. The molecule has 0 bridgehead atoms. The van der Waals surface area contributed by atoms with Crippen LogP contribution in [0.3, 0.4) is 0 Å². The monoisotopic (exact) mass is 301 g/mol. The van der Waals surface area contributed by atoms with Gasteiger partial charge in [0.25, 0.3) is 0 Å². The summed E-state index contributed by atoms with van der Waals surface area (Å²) in [7, 11) is -2.18. The summed E-state index contributed by atoms with van der Waals surface area (Å²) < 4.78 is 5.59. The fourth-order valence-corrected chi connectivity index (χ4v) is 4.77. The Labute approximate surface area is 127 Å². The van der Waals surface area contributed by atoms with Crippen molar-refractivity contribution in [1.29, 1.82) is 0 Å². The molecule has 0 amide bonds. The molecule has 0 aliphatic rings. The van der Waals surface area contributed by atoms with Gasteiger partial charge in [-0.3, -0.25) is 0 Å². The summed E-state index contributed by atoms with van der Waals surface area (Å²) in [6.45, 7) is 6.61. The van der Waals surface area contributed by atoms with E-state index in [1.54, 1.807) is 0 Å². The van der Waals surface area contributed by atoms with E-state index in [1.165, 1.54) is 0 Å². The van der Waals surface area contributed by atoms with E-state index in [0.29, 0.717) is 12.5 Å². The van der Waals surface area contributed by atoms with Crippen LogP contribution in [0, 0.1) is 5.92 Å². The van der Waals surface area contributed by atoms with Crippen molar-refractivity contribution in [3.63, 3.8) is 0 Å². The minimum absolute atomic E-state index is 0.0893. The van der Waals surface area contributed by atoms with Crippen LogP contribution in [0.4, 0.5) is 4.79 Å². The maximum Gasteiger partial charge on any atom is 0.460 e. The summed E-state index contributed by atoms with van der Waals surface area (Å²) >= 11 is 0. The standard InChI is InChI=1S/C18H22O2P/c1-15(2)14-20-18(19)21(3,16-10-6-4-7-11-16)17-12-8-5-9-13-17/h4-13,15H,14H2,1-3H3/q+1. The van der Waals surface area contributed by atoms with Crippen molar-refractivity contribution in [2.45, 2.75) is 13.8 Å². The first-order valence-electron chi connectivity index (χ1n) is 7.20. The molecule has 2 aromatic carbocycles. The lowest BCUT2D eigenvalue weighted by atomic mass is 10.2. The van der Waals surface area contributed by atoms with Gasteiger partial charge < -0.3 is 4.74 Å². The van der Waals surface area contributed by atoms with Crippen LogP contribution in [0.5, 0.6) is 0 Å². The van der Waals surface area contributed by atoms with Crippen LogP contribution in [-0.2, 0) is 4.74 Å². The molecule has 0 N–H and O–H groups in total. The average Bonchev–Trinajstić information content (AvgIpc) is 2.53. The zero-order valence-electron chi connectivity index (χ0n) is 12.8. The molecule has 0 saturated heterocycles. The molecule has 0 saturated carbocycles. The molecule has 0 unspecified atom stereocenters. The Kier molecular flexibility index (Phi) is 5.14. The maximum atomic E-state index is 12.8. The van der Waals surface area contributed by atoms with Gasteiger partial charge in [0.05, 0.1) is 13.3 Å². The molecule has 2 nitrogen and oxygen atoms in total. The van der Waals surface area contributed by atoms with Crippen molar-refractivity contribution in [3.05, 3.63) is 60.7 Å². The van der Waals surface area contributed by atoms with Crippen LogP contribution >= 0.6 is 7.26 Å². The van der Waals surface area contributed by atoms with Gasteiger partial charge in [-0.1, -0.05) is 50.2 Å². The minimum atomic E-state index is -2.18. The summed E-state index contributed by atoms with van der Waals surface area (Å²) in [5.41, 5.74) is -0.0893. The Morgan fingerprint density at radius 2 is 1.38 bits per heavy atom. The fourth-order valence-electron chi connectivity index (χ4n) is 2.18. The molecule has 0 heterocycles.